The van der Waals surface area contributed by atoms with Crippen LogP contribution in [0.2, 0.25) is 0 Å². The number of aromatic nitrogens is 4. The number of anilines is 1. The summed E-state index contributed by atoms with van der Waals surface area (Å²) in [4.78, 5) is 15.5. The fourth-order valence-corrected chi connectivity index (χ4v) is 2.47. The molecule has 3 rings (SSSR count). The van der Waals surface area contributed by atoms with E-state index < -0.39 is 9.84 Å². The Morgan fingerprint density at radius 1 is 1.15 bits per heavy atom. The number of hydrogen-bond acceptors (Lipinski definition) is 6. The third-order valence-corrected chi connectivity index (χ3v) is 4.00. The maximum Gasteiger partial charge on any atom is 0.183 e. The van der Waals surface area contributed by atoms with Crippen molar-refractivity contribution in [2.24, 2.45) is 0 Å². The lowest BCUT2D eigenvalue weighted by atomic mass is 10.2. The molecule has 0 amide bonds. The molecule has 2 aromatic heterocycles. The molecule has 0 unspecified atom stereocenters. The molecular formula is C12H11N5O2S. The number of nitrogens with one attached hydrogen (secondary N) is 1. The Bertz CT molecular complexity index is 884. The third kappa shape index (κ3) is 2.10. The van der Waals surface area contributed by atoms with Gasteiger partial charge in [-0.2, -0.15) is 0 Å². The van der Waals surface area contributed by atoms with Crippen LogP contribution in [0.4, 0.5) is 5.82 Å². The normalized spacial score (nSPS) is 11.8. The first-order valence-corrected chi connectivity index (χ1v) is 7.61. The highest BCUT2D eigenvalue weighted by molar-refractivity contribution is 7.90. The number of rotatable bonds is 2. The van der Waals surface area contributed by atoms with E-state index in [1.165, 1.54) is 24.7 Å². The number of sulfone groups is 1. The first-order chi connectivity index (χ1) is 9.45. The second kappa shape index (κ2) is 4.27. The van der Waals surface area contributed by atoms with Gasteiger partial charge in [0.25, 0.3) is 0 Å². The first kappa shape index (κ1) is 12.5. The van der Waals surface area contributed by atoms with Crippen LogP contribution in [0.25, 0.3) is 22.6 Å². The largest absolute Gasteiger partial charge is 0.382 e. The van der Waals surface area contributed by atoms with Gasteiger partial charge < -0.3 is 10.7 Å². The lowest BCUT2D eigenvalue weighted by Gasteiger charge is -1.99. The maximum atomic E-state index is 11.4. The number of fused-ring (bicyclic) bond motifs is 1. The molecule has 102 valence electrons. The number of benzene rings is 1. The quantitative estimate of drug-likeness (QED) is 0.727. The standard InChI is InChI=1S/C12H11N5O2S/c1-20(18,19)8-4-2-7(3-5-8)11-16-9-10(13)14-6-15-12(9)17-11/h2-6H,1H3,(H3,13,14,15,16,17). The topological polar surface area (TPSA) is 115 Å². The molecule has 3 N–H and O–H groups in total. The predicted molar refractivity (Wildman–Crippen MR) is 74.6 cm³/mol. The van der Waals surface area contributed by atoms with E-state index in [0.29, 0.717) is 22.8 Å². The fraction of sp³-hybridized carbons (Fsp3) is 0.0833. The molecule has 20 heavy (non-hydrogen) atoms. The van der Waals surface area contributed by atoms with E-state index in [4.69, 9.17) is 5.73 Å². The van der Waals surface area contributed by atoms with Crippen molar-refractivity contribution in [3.8, 4) is 11.4 Å². The summed E-state index contributed by atoms with van der Waals surface area (Å²) >= 11 is 0. The summed E-state index contributed by atoms with van der Waals surface area (Å²) < 4.78 is 22.8. The number of H-pyrrole nitrogens is 1. The summed E-state index contributed by atoms with van der Waals surface area (Å²) in [6.07, 6.45) is 2.51. The second-order valence-corrected chi connectivity index (χ2v) is 6.36. The number of imidazole rings is 1. The molecule has 7 nitrogen and oxygen atoms in total. The van der Waals surface area contributed by atoms with Gasteiger partial charge in [-0.3, -0.25) is 0 Å². The summed E-state index contributed by atoms with van der Waals surface area (Å²) in [6, 6.07) is 6.43. The van der Waals surface area contributed by atoms with Crippen molar-refractivity contribution in [2.75, 3.05) is 12.0 Å². The monoisotopic (exact) mass is 289 g/mol. The van der Waals surface area contributed by atoms with Gasteiger partial charge in [0.05, 0.1) is 4.90 Å². The van der Waals surface area contributed by atoms with Crippen LogP contribution in [0.15, 0.2) is 35.5 Å². The van der Waals surface area contributed by atoms with Gasteiger partial charge in [-0.15, -0.1) is 0 Å². The zero-order valence-electron chi connectivity index (χ0n) is 10.5. The van der Waals surface area contributed by atoms with Gasteiger partial charge in [0.1, 0.15) is 17.7 Å². The maximum absolute atomic E-state index is 11.4. The molecule has 0 aliphatic heterocycles. The van der Waals surface area contributed by atoms with Crippen molar-refractivity contribution >= 4 is 26.8 Å². The van der Waals surface area contributed by atoms with Crippen molar-refractivity contribution in [3.05, 3.63) is 30.6 Å². The molecule has 1 aromatic carbocycles. The Balaban J connectivity index is 2.09. The number of nitrogens with zero attached hydrogens (tertiary/aromatic N) is 3. The zero-order valence-corrected chi connectivity index (χ0v) is 11.3. The molecule has 0 aliphatic carbocycles. The Morgan fingerprint density at radius 2 is 1.85 bits per heavy atom. The van der Waals surface area contributed by atoms with E-state index in [0.717, 1.165) is 5.56 Å². The van der Waals surface area contributed by atoms with Crippen LogP contribution in [0.3, 0.4) is 0 Å². The minimum atomic E-state index is -3.21. The minimum absolute atomic E-state index is 0.261. The van der Waals surface area contributed by atoms with Crippen LogP contribution < -0.4 is 5.73 Å². The molecule has 0 radical (unpaired) electrons. The van der Waals surface area contributed by atoms with Gasteiger partial charge in [0.2, 0.25) is 0 Å². The number of nitrogens with two attached hydrogens (primary N) is 1. The summed E-state index contributed by atoms with van der Waals surface area (Å²) in [5, 5.41) is 0. The molecule has 0 saturated heterocycles. The molecular weight excluding hydrogens is 278 g/mol. The first-order valence-electron chi connectivity index (χ1n) is 5.72. The summed E-state index contributed by atoms with van der Waals surface area (Å²) in [6.45, 7) is 0. The molecule has 3 aromatic rings. The van der Waals surface area contributed by atoms with Gasteiger partial charge in [-0.25, -0.2) is 23.4 Å². The molecule has 8 heteroatoms. The van der Waals surface area contributed by atoms with Crippen LogP contribution in [-0.2, 0) is 9.84 Å². The van der Waals surface area contributed by atoms with Crippen molar-refractivity contribution in [3.63, 3.8) is 0 Å². The van der Waals surface area contributed by atoms with E-state index in [1.807, 2.05) is 0 Å². The van der Waals surface area contributed by atoms with Crippen molar-refractivity contribution in [2.45, 2.75) is 4.90 Å². The van der Waals surface area contributed by atoms with Crippen LogP contribution in [0.1, 0.15) is 0 Å². The van der Waals surface area contributed by atoms with Crippen molar-refractivity contribution in [1.82, 2.24) is 19.9 Å². The smallest absolute Gasteiger partial charge is 0.183 e. The minimum Gasteiger partial charge on any atom is -0.382 e. The Hall–Kier alpha value is -2.48. The molecule has 2 heterocycles. The van der Waals surface area contributed by atoms with Crippen LogP contribution in [0, 0.1) is 0 Å². The Morgan fingerprint density at radius 3 is 2.45 bits per heavy atom. The number of aromatic amines is 1. The van der Waals surface area contributed by atoms with Crippen LogP contribution >= 0.6 is 0 Å². The average Bonchev–Trinajstić information content (AvgIpc) is 2.83. The molecule has 0 bridgehead atoms. The van der Waals surface area contributed by atoms with Gasteiger partial charge >= 0.3 is 0 Å². The average molecular weight is 289 g/mol. The summed E-state index contributed by atoms with van der Waals surface area (Å²) in [5.74, 6) is 0.883. The van der Waals surface area contributed by atoms with Crippen molar-refractivity contribution < 1.29 is 8.42 Å². The summed E-state index contributed by atoms with van der Waals surface area (Å²) in [5.41, 5.74) is 7.51. The Kier molecular flexibility index (Phi) is 2.68. The lowest BCUT2D eigenvalue weighted by molar-refractivity contribution is 0.602. The zero-order chi connectivity index (χ0) is 14.3. The molecule has 0 aliphatic rings. The highest BCUT2D eigenvalue weighted by atomic mass is 32.2. The molecule has 0 atom stereocenters. The number of nitrogen functional groups attached to an aromatic ring is 1. The molecule has 0 fully saturated rings. The highest BCUT2D eigenvalue weighted by Gasteiger charge is 2.11. The van der Waals surface area contributed by atoms with E-state index in [-0.39, 0.29) is 4.90 Å². The molecule has 0 saturated carbocycles. The van der Waals surface area contributed by atoms with Gasteiger partial charge in [0, 0.05) is 11.8 Å². The van der Waals surface area contributed by atoms with E-state index in [9.17, 15) is 8.42 Å². The van der Waals surface area contributed by atoms with Gasteiger partial charge in [-0.05, 0) is 24.3 Å². The van der Waals surface area contributed by atoms with Gasteiger partial charge in [0.15, 0.2) is 21.3 Å². The predicted octanol–water partition coefficient (Wildman–Crippen LogP) is 1.01. The number of hydrogen-bond donors (Lipinski definition) is 2. The van der Waals surface area contributed by atoms with Crippen LogP contribution in [-0.4, -0.2) is 34.6 Å². The lowest BCUT2D eigenvalue weighted by Crippen LogP contribution is -1.96. The van der Waals surface area contributed by atoms with E-state index in [2.05, 4.69) is 19.9 Å². The van der Waals surface area contributed by atoms with E-state index >= 15 is 0 Å². The van der Waals surface area contributed by atoms with E-state index in [1.54, 1.807) is 12.1 Å². The third-order valence-electron chi connectivity index (χ3n) is 2.87. The van der Waals surface area contributed by atoms with Gasteiger partial charge in [-0.1, -0.05) is 0 Å². The Labute approximate surface area is 114 Å². The highest BCUT2D eigenvalue weighted by Crippen LogP contribution is 2.22. The second-order valence-electron chi connectivity index (χ2n) is 4.34. The molecule has 0 spiro atoms. The van der Waals surface area contributed by atoms with Crippen LogP contribution in [0.5, 0.6) is 0 Å². The van der Waals surface area contributed by atoms with Crippen molar-refractivity contribution in [1.29, 1.82) is 0 Å². The summed E-state index contributed by atoms with van der Waals surface area (Å²) in [7, 11) is -3.21. The SMILES string of the molecule is CS(=O)(=O)c1ccc(-c2nc3ncnc(N)c3[nH]2)cc1. The fourth-order valence-electron chi connectivity index (χ4n) is 1.84.